The molecular weight excluding hydrogens is 420 g/mol. The average molecular weight is 449 g/mol. The van der Waals surface area contributed by atoms with Gasteiger partial charge in [0.25, 0.3) is 0 Å². The van der Waals surface area contributed by atoms with E-state index >= 15 is 0 Å². The van der Waals surface area contributed by atoms with Crippen LogP contribution < -0.4 is 5.32 Å². The van der Waals surface area contributed by atoms with Crippen molar-refractivity contribution in [3.05, 3.63) is 82.4 Å². The molecule has 4 rings (SSSR count). The summed E-state index contributed by atoms with van der Waals surface area (Å²) in [5.41, 5.74) is 6.38. The van der Waals surface area contributed by atoms with Gasteiger partial charge in [0, 0.05) is 29.3 Å². The van der Waals surface area contributed by atoms with Gasteiger partial charge in [-0.05, 0) is 88.3 Å². The molecule has 3 aromatic rings. The third kappa shape index (κ3) is 3.66. The Labute approximate surface area is 193 Å². The van der Waals surface area contributed by atoms with Gasteiger partial charge >= 0.3 is 5.97 Å². The molecule has 32 heavy (non-hydrogen) atoms. The van der Waals surface area contributed by atoms with E-state index in [0.29, 0.717) is 0 Å². The molecule has 3 heterocycles. The number of aryl methyl sites for hydroxylation is 2. The first kappa shape index (κ1) is 22.0. The van der Waals surface area contributed by atoms with Crippen LogP contribution in [0.2, 0.25) is 0 Å². The van der Waals surface area contributed by atoms with Crippen molar-refractivity contribution in [2.24, 2.45) is 0 Å². The first-order valence-corrected chi connectivity index (χ1v) is 11.1. The molecule has 166 valence electrons. The van der Waals surface area contributed by atoms with Gasteiger partial charge in [-0.25, -0.2) is 4.79 Å². The van der Waals surface area contributed by atoms with Crippen LogP contribution in [0.4, 0.5) is 0 Å². The summed E-state index contributed by atoms with van der Waals surface area (Å²) in [5.74, 6) is -0.930. The van der Waals surface area contributed by atoms with Crippen molar-refractivity contribution in [2.75, 3.05) is 0 Å². The summed E-state index contributed by atoms with van der Waals surface area (Å²) < 4.78 is 2.15. The predicted molar refractivity (Wildman–Crippen MR) is 129 cm³/mol. The number of hydrogen-bond donors (Lipinski definition) is 2. The highest BCUT2D eigenvalue weighted by molar-refractivity contribution is 7.80. The van der Waals surface area contributed by atoms with E-state index in [4.69, 9.17) is 12.2 Å². The van der Waals surface area contributed by atoms with Crippen LogP contribution in [-0.4, -0.2) is 36.7 Å². The molecule has 1 fully saturated rings. The number of carboxylic acids is 1. The van der Waals surface area contributed by atoms with E-state index in [9.17, 15) is 9.90 Å². The van der Waals surface area contributed by atoms with E-state index in [1.54, 1.807) is 18.3 Å². The van der Waals surface area contributed by atoms with Crippen molar-refractivity contribution in [3.8, 4) is 5.69 Å². The Morgan fingerprint density at radius 1 is 1.16 bits per heavy atom. The number of carbonyl (C=O) groups is 1. The molecule has 6 nitrogen and oxygen atoms in total. The van der Waals surface area contributed by atoms with Gasteiger partial charge in [0.2, 0.25) is 0 Å². The summed E-state index contributed by atoms with van der Waals surface area (Å²) in [5, 5.41) is 13.7. The lowest BCUT2D eigenvalue weighted by atomic mass is 9.96. The van der Waals surface area contributed by atoms with Crippen molar-refractivity contribution in [2.45, 2.75) is 52.7 Å². The largest absolute Gasteiger partial charge is 0.478 e. The maximum absolute atomic E-state index is 11.6. The Morgan fingerprint density at radius 3 is 2.53 bits per heavy atom. The molecule has 7 heteroatoms. The molecule has 1 aliphatic heterocycles. The summed E-state index contributed by atoms with van der Waals surface area (Å²) in [7, 11) is 0. The first-order valence-electron chi connectivity index (χ1n) is 10.7. The molecule has 1 aliphatic rings. The number of hydrogen-bond acceptors (Lipinski definition) is 3. The van der Waals surface area contributed by atoms with Crippen LogP contribution in [0.1, 0.15) is 64.5 Å². The Balaban J connectivity index is 1.88. The zero-order valence-corrected chi connectivity index (χ0v) is 19.8. The molecule has 1 aromatic carbocycles. The van der Waals surface area contributed by atoms with Crippen molar-refractivity contribution >= 4 is 23.3 Å². The highest BCUT2D eigenvalue weighted by atomic mass is 32.1. The number of benzene rings is 1. The van der Waals surface area contributed by atoms with Gasteiger partial charge in [-0.15, -0.1) is 0 Å². The van der Waals surface area contributed by atoms with Gasteiger partial charge in [0.05, 0.1) is 23.3 Å². The normalized spacial score (nSPS) is 18.3. The molecule has 0 unspecified atom stereocenters. The van der Waals surface area contributed by atoms with Crippen molar-refractivity contribution in [1.82, 2.24) is 19.8 Å². The van der Waals surface area contributed by atoms with E-state index in [1.807, 2.05) is 31.2 Å². The van der Waals surface area contributed by atoms with Crippen LogP contribution in [0.3, 0.4) is 0 Å². The van der Waals surface area contributed by atoms with E-state index in [0.717, 1.165) is 39.0 Å². The number of carboxylic acid groups (broad SMARTS) is 1. The van der Waals surface area contributed by atoms with Gasteiger partial charge in [0.1, 0.15) is 0 Å². The summed E-state index contributed by atoms with van der Waals surface area (Å²) in [6, 6.07) is 13.5. The summed E-state index contributed by atoms with van der Waals surface area (Å²) in [4.78, 5) is 18.4. The van der Waals surface area contributed by atoms with E-state index in [1.165, 1.54) is 0 Å². The molecule has 2 atom stereocenters. The maximum atomic E-state index is 11.6. The fourth-order valence-electron chi connectivity index (χ4n) is 4.70. The van der Waals surface area contributed by atoms with E-state index < -0.39 is 5.97 Å². The molecule has 0 bridgehead atoms. The number of pyridine rings is 1. The Kier molecular flexibility index (Phi) is 5.77. The molecule has 0 aliphatic carbocycles. The maximum Gasteiger partial charge on any atom is 0.335 e. The molecule has 0 amide bonds. The monoisotopic (exact) mass is 448 g/mol. The molecule has 0 spiro atoms. The van der Waals surface area contributed by atoms with Gasteiger partial charge in [0.15, 0.2) is 5.11 Å². The summed E-state index contributed by atoms with van der Waals surface area (Å²) in [6.07, 6.45) is 1.80. The van der Waals surface area contributed by atoms with Crippen LogP contribution in [0, 0.1) is 20.8 Å². The van der Waals surface area contributed by atoms with Crippen LogP contribution in [0.5, 0.6) is 0 Å². The second-order valence-corrected chi connectivity index (χ2v) is 8.98. The molecule has 2 aromatic heterocycles. The number of nitrogens with zero attached hydrogens (tertiary/aromatic N) is 3. The number of rotatable bonds is 5. The number of thiocarbonyl (C=S) groups is 1. The van der Waals surface area contributed by atoms with Gasteiger partial charge in [-0.1, -0.05) is 12.1 Å². The van der Waals surface area contributed by atoms with Crippen LogP contribution >= 0.6 is 12.2 Å². The van der Waals surface area contributed by atoms with Crippen molar-refractivity contribution in [3.63, 3.8) is 0 Å². The van der Waals surface area contributed by atoms with E-state index in [-0.39, 0.29) is 23.7 Å². The molecular formula is C25H28N4O2S. The summed E-state index contributed by atoms with van der Waals surface area (Å²) in [6.45, 7) is 10.4. The minimum atomic E-state index is -0.930. The highest BCUT2D eigenvalue weighted by Gasteiger charge is 2.42. The standard InChI is InChI=1S/C25H28N4O2S/c1-14(2)28-23(22(27-25(28)32)20-8-6-7-11-26-20)19-12-16(4)29(17(19)5)21-13-18(24(30)31)10-9-15(21)3/h6-14,22-23H,1-5H3,(H,27,32)(H,30,31)/t22-,23+/m0/s1. The fraction of sp³-hybridized carbons (Fsp3) is 0.320. The lowest BCUT2D eigenvalue weighted by molar-refractivity contribution is 0.0697. The van der Waals surface area contributed by atoms with Gasteiger partial charge in [-0.2, -0.15) is 0 Å². The second kappa shape index (κ2) is 8.39. The number of aromatic nitrogens is 2. The minimum Gasteiger partial charge on any atom is -0.478 e. The quantitative estimate of drug-likeness (QED) is 0.543. The lowest BCUT2D eigenvalue weighted by Crippen LogP contribution is -2.35. The second-order valence-electron chi connectivity index (χ2n) is 8.60. The third-order valence-electron chi connectivity index (χ3n) is 6.18. The van der Waals surface area contributed by atoms with Gasteiger partial charge < -0.3 is 19.9 Å². The highest BCUT2D eigenvalue weighted by Crippen LogP contribution is 2.42. The molecule has 0 radical (unpaired) electrons. The third-order valence-corrected chi connectivity index (χ3v) is 6.51. The zero-order chi connectivity index (χ0) is 23.2. The SMILES string of the molecule is Cc1ccc(C(=O)O)cc1-n1c(C)cc([C@@H]2[C@H](c3ccccn3)NC(=S)N2C(C)C)c1C. The summed E-state index contributed by atoms with van der Waals surface area (Å²) >= 11 is 5.73. The number of aromatic carboxylic acids is 1. The lowest BCUT2D eigenvalue weighted by Gasteiger charge is -2.31. The topological polar surface area (TPSA) is 70.4 Å². The Hall–Kier alpha value is -3.19. The van der Waals surface area contributed by atoms with Crippen LogP contribution in [0.25, 0.3) is 5.69 Å². The van der Waals surface area contributed by atoms with E-state index in [2.05, 4.69) is 53.5 Å². The zero-order valence-electron chi connectivity index (χ0n) is 19.0. The molecule has 1 saturated heterocycles. The predicted octanol–water partition coefficient (Wildman–Crippen LogP) is 4.88. The van der Waals surface area contributed by atoms with Crippen molar-refractivity contribution < 1.29 is 9.90 Å². The van der Waals surface area contributed by atoms with Crippen molar-refractivity contribution in [1.29, 1.82) is 0 Å². The van der Waals surface area contributed by atoms with Crippen LogP contribution in [0.15, 0.2) is 48.7 Å². The van der Waals surface area contributed by atoms with Gasteiger partial charge in [-0.3, -0.25) is 4.98 Å². The number of nitrogens with one attached hydrogen (secondary N) is 1. The Morgan fingerprint density at radius 2 is 1.91 bits per heavy atom. The first-order chi connectivity index (χ1) is 15.2. The van der Waals surface area contributed by atoms with Crippen LogP contribution in [-0.2, 0) is 0 Å². The minimum absolute atomic E-state index is 0.0275. The molecule has 2 N–H and O–H groups in total. The fourth-order valence-corrected chi connectivity index (χ4v) is 5.15. The smallest absolute Gasteiger partial charge is 0.335 e. The Bertz CT molecular complexity index is 1190. The average Bonchev–Trinajstić information content (AvgIpc) is 3.24. The molecule has 0 saturated carbocycles.